The SMILES string of the molecule is CNC.C[C@@H]1CN(c2ccc(Nc3ncc4cc(C(=O)O)n(C5CCCC5)c4n3)nc2)CCN1. The number of carbonyl (C=O) groups is 1. The number of carboxylic acids is 1. The second kappa shape index (κ2) is 10.8. The van der Waals surface area contributed by atoms with E-state index in [1.54, 1.807) is 12.3 Å². The molecule has 1 saturated carbocycles. The lowest BCUT2D eigenvalue weighted by Crippen LogP contribution is -2.49. The van der Waals surface area contributed by atoms with Gasteiger partial charge in [0.2, 0.25) is 5.95 Å². The molecule has 0 aromatic carbocycles. The minimum absolute atomic E-state index is 0.171. The molecule has 0 bridgehead atoms. The molecule has 4 heterocycles. The largest absolute Gasteiger partial charge is 0.477 e. The van der Waals surface area contributed by atoms with E-state index in [2.05, 4.69) is 48.8 Å². The molecule has 1 atom stereocenters. The molecule has 0 unspecified atom stereocenters. The van der Waals surface area contributed by atoms with Crippen molar-refractivity contribution >= 4 is 34.5 Å². The molecule has 1 aliphatic heterocycles. The van der Waals surface area contributed by atoms with E-state index >= 15 is 0 Å². The number of pyridine rings is 1. The molecule has 4 N–H and O–H groups in total. The molecule has 0 radical (unpaired) electrons. The third-order valence-electron chi connectivity index (χ3n) is 6.21. The van der Waals surface area contributed by atoms with Crippen LogP contribution in [0.15, 0.2) is 30.6 Å². The number of anilines is 3. The predicted molar refractivity (Wildman–Crippen MR) is 134 cm³/mol. The predicted octanol–water partition coefficient (Wildman–Crippen LogP) is 3.02. The van der Waals surface area contributed by atoms with Crippen molar-refractivity contribution in [3.63, 3.8) is 0 Å². The summed E-state index contributed by atoms with van der Waals surface area (Å²) in [5.74, 6) is 0.139. The Hall–Kier alpha value is -3.24. The van der Waals surface area contributed by atoms with E-state index in [-0.39, 0.29) is 11.7 Å². The van der Waals surface area contributed by atoms with Crippen molar-refractivity contribution in [2.45, 2.75) is 44.7 Å². The fraction of sp³-hybridized carbons (Fsp3) is 0.500. The van der Waals surface area contributed by atoms with E-state index in [0.717, 1.165) is 56.4 Å². The molecule has 3 aromatic heterocycles. The molecule has 1 saturated heterocycles. The summed E-state index contributed by atoms with van der Waals surface area (Å²) in [6.07, 6.45) is 7.72. The first-order chi connectivity index (χ1) is 16.5. The zero-order valence-electron chi connectivity index (χ0n) is 20.1. The van der Waals surface area contributed by atoms with Gasteiger partial charge in [-0.25, -0.2) is 14.8 Å². The highest BCUT2D eigenvalue weighted by Gasteiger charge is 2.25. The molecular weight excluding hydrogens is 432 g/mol. The van der Waals surface area contributed by atoms with Crippen molar-refractivity contribution in [2.75, 3.05) is 43.9 Å². The van der Waals surface area contributed by atoms with Gasteiger partial charge in [-0.3, -0.25) is 0 Å². The highest BCUT2D eigenvalue weighted by Crippen LogP contribution is 2.34. The second-order valence-corrected chi connectivity index (χ2v) is 8.94. The molecule has 3 aromatic rings. The fourth-order valence-corrected chi connectivity index (χ4v) is 4.69. The minimum atomic E-state index is -0.932. The number of hydrogen-bond donors (Lipinski definition) is 4. The Morgan fingerprint density at radius 1 is 1.18 bits per heavy atom. The smallest absolute Gasteiger partial charge is 0.352 e. The lowest BCUT2D eigenvalue weighted by molar-refractivity contribution is 0.0683. The first kappa shape index (κ1) is 23.9. The van der Waals surface area contributed by atoms with Gasteiger partial charge in [0.05, 0.1) is 11.9 Å². The summed E-state index contributed by atoms with van der Waals surface area (Å²) in [5, 5.41) is 19.8. The van der Waals surface area contributed by atoms with Crippen LogP contribution in [-0.4, -0.2) is 70.4 Å². The van der Waals surface area contributed by atoms with Crippen LogP contribution >= 0.6 is 0 Å². The summed E-state index contributed by atoms with van der Waals surface area (Å²) < 4.78 is 1.87. The summed E-state index contributed by atoms with van der Waals surface area (Å²) in [6, 6.07) is 6.27. The van der Waals surface area contributed by atoms with Crippen LogP contribution in [0.1, 0.15) is 49.1 Å². The Bertz CT molecular complexity index is 1110. The van der Waals surface area contributed by atoms with Gasteiger partial charge in [0, 0.05) is 43.3 Å². The van der Waals surface area contributed by atoms with E-state index in [1.165, 1.54) is 0 Å². The van der Waals surface area contributed by atoms with E-state index in [0.29, 0.717) is 23.5 Å². The number of hydrogen-bond acceptors (Lipinski definition) is 8. The van der Waals surface area contributed by atoms with Crippen LogP contribution < -0.4 is 20.9 Å². The van der Waals surface area contributed by atoms with Crippen LogP contribution in [0.5, 0.6) is 0 Å². The third kappa shape index (κ3) is 5.28. The maximum absolute atomic E-state index is 11.8. The zero-order valence-corrected chi connectivity index (χ0v) is 20.1. The number of rotatable bonds is 5. The Kier molecular flexibility index (Phi) is 7.59. The van der Waals surface area contributed by atoms with Crippen LogP contribution in [0.3, 0.4) is 0 Å². The number of aromatic carboxylic acids is 1. The van der Waals surface area contributed by atoms with Crippen molar-refractivity contribution in [2.24, 2.45) is 0 Å². The molecule has 34 heavy (non-hydrogen) atoms. The number of nitrogens with one attached hydrogen (secondary N) is 3. The highest BCUT2D eigenvalue weighted by atomic mass is 16.4. The van der Waals surface area contributed by atoms with Crippen LogP contribution in [0.4, 0.5) is 17.5 Å². The monoisotopic (exact) mass is 466 g/mol. The minimum Gasteiger partial charge on any atom is -0.477 e. The zero-order chi connectivity index (χ0) is 24.1. The standard InChI is InChI=1S/C22H27N7O2.C2H7N/c1-14-13-28(9-8-23-14)17-6-7-19(24-12-17)26-22-25-11-15-10-18(21(30)31)29(20(15)27-22)16-4-2-3-5-16;1-3-2/h6-7,10-12,14,16,23H,2-5,8-9,13H2,1H3,(H,30,31)(H,24,25,26,27);3H,1-2H3/t14-;/m1./s1. The first-order valence-electron chi connectivity index (χ1n) is 11.9. The van der Waals surface area contributed by atoms with E-state index in [9.17, 15) is 9.90 Å². The van der Waals surface area contributed by atoms with Gasteiger partial charge in [0.25, 0.3) is 0 Å². The highest BCUT2D eigenvalue weighted by molar-refractivity contribution is 5.93. The van der Waals surface area contributed by atoms with Crippen LogP contribution in [-0.2, 0) is 0 Å². The Labute approximate surface area is 199 Å². The van der Waals surface area contributed by atoms with Gasteiger partial charge in [0.1, 0.15) is 17.2 Å². The average Bonchev–Trinajstić information content (AvgIpc) is 3.48. The summed E-state index contributed by atoms with van der Waals surface area (Å²) in [7, 11) is 3.75. The summed E-state index contributed by atoms with van der Waals surface area (Å²) >= 11 is 0. The van der Waals surface area contributed by atoms with Gasteiger partial charge >= 0.3 is 5.97 Å². The van der Waals surface area contributed by atoms with Crippen LogP contribution in [0.2, 0.25) is 0 Å². The van der Waals surface area contributed by atoms with Gasteiger partial charge in [-0.15, -0.1) is 0 Å². The van der Waals surface area contributed by atoms with Crippen molar-refractivity contribution < 1.29 is 9.90 Å². The molecule has 182 valence electrons. The average molecular weight is 467 g/mol. The summed E-state index contributed by atoms with van der Waals surface area (Å²) in [5.41, 5.74) is 2.03. The molecule has 10 nitrogen and oxygen atoms in total. The second-order valence-electron chi connectivity index (χ2n) is 8.94. The summed E-state index contributed by atoms with van der Waals surface area (Å²) in [6.45, 7) is 5.06. The van der Waals surface area contributed by atoms with Gasteiger partial charge in [-0.2, -0.15) is 4.98 Å². The topological polar surface area (TPSA) is 120 Å². The number of aromatic nitrogens is 4. The lowest BCUT2D eigenvalue weighted by Gasteiger charge is -2.33. The van der Waals surface area contributed by atoms with Crippen molar-refractivity contribution in [3.8, 4) is 0 Å². The van der Waals surface area contributed by atoms with Crippen molar-refractivity contribution in [1.82, 2.24) is 30.2 Å². The fourth-order valence-electron chi connectivity index (χ4n) is 4.69. The molecule has 10 heteroatoms. The van der Waals surface area contributed by atoms with Crippen LogP contribution in [0.25, 0.3) is 11.0 Å². The van der Waals surface area contributed by atoms with Gasteiger partial charge in [0.15, 0.2) is 0 Å². The number of carboxylic acid groups (broad SMARTS) is 1. The molecule has 2 fully saturated rings. The maximum atomic E-state index is 11.8. The van der Waals surface area contributed by atoms with Gasteiger partial charge in [-0.1, -0.05) is 12.8 Å². The number of fused-ring (bicyclic) bond motifs is 1. The van der Waals surface area contributed by atoms with E-state index in [4.69, 9.17) is 0 Å². The van der Waals surface area contributed by atoms with Crippen LogP contribution in [0, 0.1) is 0 Å². The Morgan fingerprint density at radius 2 is 1.94 bits per heavy atom. The molecule has 1 aliphatic carbocycles. The normalized spacial score (nSPS) is 18.6. The Morgan fingerprint density at radius 3 is 2.59 bits per heavy atom. The third-order valence-corrected chi connectivity index (χ3v) is 6.21. The quantitative estimate of drug-likeness (QED) is 0.450. The molecular formula is C24H34N8O2. The number of nitrogens with zero attached hydrogens (tertiary/aromatic N) is 5. The summed E-state index contributed by atoms with van der Waals surface area (Å²) in [4.78, 5) is 27.7. The lowest BCUT2D eigenvalue weighted by atomic mass is 10.2. The molecule has 5 rings (SSSR count). The molecule has 0 spiro atoms. The number of piperazine rings is 1. The van der Waals surface area contributed by atoms with Crippen molar-refractivity contribution in [1.29, 1.82) is 0 Å². The van der Waals surface area contributed by atoms with E-state index < -0.39 is 5.97 Å². The maximum Gasteiger partial charge on any atom is 0.352 e. The molecule has 2 aliphatic rings. The van der Waals surface area contributed by atoms with Gasteiger partial charge in [-0.05, 0) is 52.1 Å². The first-order valence-corrected chi connectivity index (χ1v) is 11.9. The van der Waals surface area contributed by atoms with Gasteiger partial charge < -0.3 is 30.5 Å². The molecule has 0 amide bonds. The Balaban J connectivity index is 0.000000868. The van der Waals surface area contributed by atoms with Crippen molar-refractivity contribution in [3.05, 3.63) is 36.3 Å². The van der Waals surface area contributed by atoms with E-state index in [1.807, 2.05) is 30.9 Å².